The molecule has 0 radical (unpaired) electrons. The van der Waals surface area contributed by atoms with Gasteiger partial charge in [-0.15, -0.1) is 24.4 Å². The Morgan fingerprint density at radius 2 is 1.28 bits per heavy atom. The van der Waals surface area contributed by atoms with Gasteiger partial charge >= 0.3 is 11.9 Å². The van der Waals surface area contributed by atoms with E-state index in [0.29, 0.717) is 0 Å². The molecule has 0 saturated heterocycles. The van der Waals surface area contributed by atoms with E-state index in [-0.39, 0.29) is 15.1 Å². The zero-order valence-corrected chi connectivity index (χ0v) is 15.6. The highest BCUT2D eigenvalue weighted by Gasteiger charge is 2.26. The number of hydrogen-bond acceptors (Lipinski definition) is 6. The van der Waals surface area contributed by atoms with Crippen molar-refractivity contribution in [1.29, 1.82) is 0 Å². The fourth-order valence-electron chi connectivity index (χ4n) is 2.18. The van der Waals surface area contributed by atoms with Crippen molar-refractivity contribution in [3.05, 3.63) is 81.6 Å². The molecule has 0 aliphatic heterocycles. The molecular formula is C19H18O4S2. The van der Waals surface area contributed by atoms with Gasteiger partial charge in [-0.25, -0.2) is 9.59 Å². The van der Waals surface area contributed by atoms with Crippen LogP contribution >= 0.6 is 24.4 Å². The normalized spacial score (nSPS) is 11.7. The summed E-state index contributed by atoms with van der Waals surface area (Å²) in [4.78, 5) is 24.1. The first-order valence-corrected chi connectivity index (χ1v) is 8.77. The molecule has 0 heterocycles. The number of ether oxygens (including phenoxy) is 2. The SMILES string of the molecule is COC(=O)/C(S)=C(/SC(c1ccccc1)c1ccccc1)C(=O)OC. The predicted octanol–water partition coefficient (Wildman–Crippen LogP) is 4.00. The molecule has 6 heteroatoms. The molecule has 0 bridgehead atoms. The molecule has 0 fully saturated rings. The lowest BCUT2D eigenvalue weighted by Crippen LogP contribution is -2.11. The van der Waals surface area contributed by atoms with Gasteiger partial charge in [0.15, 0.2) is 0 Å². The van der Waals surface area contributed by atoms with Crippen LogP contribution < -0.4 is 0 Å². The molecule has 0 spiro atoms. The number of esters is 2. The lowest BCUT2D eigenvalue weighted by molar-refractivity contribution is -0.138. The van der Waals surface area contributed by atoms with Gasteiger partial charge in [-0.1, -0.05) is 60.7 Å². The summed E-state index contributed by atoms with van der Waals surface area (Å²) >= 11 is 5.38. The summed E-state index contributed by atoms with van der Waals surface area (Å²) in [6, 6.07) is 19.4. The first kappa shape index (κ1) is 19.1. The summed E-state index contributed by atoms with van der Waals surface area (Å²) in [5, 5.41) is -0.205. The largest absolute Gasteiger partial charge is 0.465 e. The van der Waals surface area contributed by atoms with Crippen molar-refractivity contribution in [2.45, 2.75) is 5.25 Å². The van der Waals surface area contributed by atoms with Crippen molar-refractivity contribution >= 4 is 36.3 Å². The number of methoxy groups -OCH3 is 2. The quantitative estimate of drug-likeness (QED) is 0.471. The van der Waals surface area contributed by atoms with Crippen LogP contribution in [-0.2, 0) is 19.1 Å². The fraction of sp³-hybridized carbons (Fsp3) is 0.158. The van der Waals surface area contributed by atoms with E-state index in [9.17, 15) is 9.59 Å². The number of rotatable bonds is 6. The molecule has 0 aliphatic rings. The van der Waals surface area contributed by atoms with E-state index in [1.807, 2.05) is 60.7 Å². The summed E-state index contributed by atoms with van der Waals surface area (Å²) in [5.74, 6) is -1.31. The third kappa shape index (κ3) is 4.90. The second-order valence-corrected chi connectivity index (χ2v) is 6.54. The summed E-state index contributed by atoms with van der Waals surface area (Å²) in [7, 11) is 2.51. The zero-order valence-electron chi connectivity index (χ0n) is 13.8. The van der Waals surface area contributed by atoms with E-state index in [0.717, 1.165) is 11.1 Å². The van der Waals surface area contributed by atoms with Gasteiger partial charge in [0.1, 0.15) is 9.81 Å². The Morgan fingerprint density at radius 1 is 0.840 bits per heavy atom. The highest BCUT2D eigenvalue weighted by molar-refractivity contribution is 8.05. The Hall–Kier alpha value is -2.18. The van der Waals surface area contributed by atoms with Gasteiger partial charge in [0.2, 0.25) is 0 Å². The second kappa shape index (κ2) is 9.34. The second-order valence-electron chi connectivity index (χ2n) is 4.98. The Labute approximate surface area is 156 Å². The molecule has 2 rings (SSSR count). The van der Waals surface area contributed by atoms with Gasteiger partial charge in [-0.05, 0) is 11.1 Å². The number of thiol groups is 1. The predicted molar refractivity (Wildman–Crippen MR) is 102 cm³/mol. The summed E-state index contributed by atoms with van der Waals surface area (Å²) in [6.45, 7) is 0. The molecule has 2 aromatic rings. The van der Waals surface area contributed by atoms with Gasteiger partial charge in [0.25, 0.3) is 0 Å². The Morgan fingerprint density at radius 3 is 1.68 bits per heavy atom. The van der Waals surface area contributed by atoms with Gasteiger partial charge in [0, 0.05) is 0 Å². The summed E-state index contributed by atoms with van der Waals surface area (Å²) < 4.78 is 9.51. The van der Waals surface area contributed by atoms with Crippen molar-refractivity contribution in [3.8, 4) is 0 Å². The van der Waals surface area contributed by atoms with Crippen LogP contribution in [-0.4, -0.2) is 26.2 Å². The van der Waals surface area contributed by atoms with Gasteiger partial charge < -0.3 is 9.47 Å². The van der Waals surface area contributed by atoms with Gasteiger partial charge in [-0.3, -0.25) is 0 Å². The van der Waals surface area contributed by atoms with Crippen LogP contribution in [0.25, 0.3) is 0 Å². The summed E-state index contributed by atoms with van der Waals surface area (Å²) in [5.41, 5.74) is 1.98. The number of carbonyl (C=O) groups excluding carboxylic acids is 2. The summed E-state index contributed by atoms with van der Waals surface area (Å²) in [6.07, 6.45) is 0. The van der Waals surface area contributed by atoms with Crippen molar-refractivity contribution in [2.24, 2.45) is 0 Å². The minimum atomic E-state index is -0.684. The molecule has 25 heavy (non-hydrogen) atoms. The molecule has 0 aliphatic carbocycles. The van der Waals surface area contributed by atoms with Crippen LogP contribution in [0.5, 0.6) is 0 Å². The molecular weight excluding hydrogens is 356 g/mol. The molecule has 4 nitrogen and oxygen atoms in total. The van der Waals surface area contributed by atoms with Crippen LogP contribution in [0.4, 0.5) is 0 Å². The number of carbonyl (C=O) groups is 2. The molecule has 0 saturated carbocycles. The first-order valence-electron chi connectivity index (χ1n) is 7.45. The Bertz CT molecular complexity index is 718. The van der Waals surface area contributed by atoms with Crippen molar-refractivity contribution in [1.82, 2.24) is 0 Å². The van der Waals surface area contributed by atoms with Crippen molar-refractivity contribution in [3.63, 3.8) is 0 Å². The zero-order chi connectivity index (χ0) is 18.2. The van der Waals surface area contributed by atoms with Crippen molar-refractivity contribution in [2.75, 3.05) is 14.2 Å². The Balaban J connectivity index is 2.50. The highest BCUT2D eigenvalue weighted by atomic mass is 32.2. The first-order chi connectivity index (χ1) is 12.1. The molecule has 0 atom stereocenters. The number of benzene rings is 2. The molecule has 0 N–H and O–H groups in total. The van der Waals surface area contributed by atoms with Crippen LogP contribution in [0.15, 0.2) is 70.5 Å². The third-order valence-electron chi connectivity index (χ3n) is 3.40. The smallest absolute Gasteiger partial charge is 0.345 e. The van der Waals surface area contributed by atoms with E-state index in [4.69, 9.17) is 4.74 Å². The van der Waals surface area contributed by atoms with E-state index in [1.165, 1.54) is 26.0 Å². The average Bonchev–Trinajstić information content (AvgIpc) is 2.68. The fourth-order valence-corrected chi connectivity index (χ4v) is 3.72. The van der Waals surface area contributed by atoms with Gasteiger partial charge in [0.05, 0.1) is 19.5 Å². The molecule has 0 unspecified atom stereocenters. The van der Waals surface area contributed by atoms with Crippen molar-refractivity contribution < 1.29 is 19.1 Å². The topological polar surface area (TPSA) is 52.6 Å². The van der Waals surface area contributed by atoms with E-state index >= 15 is 0 Å². The molecule has 2 aromatic carbocycles. The van der Waals surface area contributed by atoms with E-state index in [2.05, 4.69) is 17.4 Å². The number of thioether (sulfide) groups is 1. The van der Waals surface area contributed by atoms with Crippen LogP contribution in [0.2, 0.25) is 0 Å². The number of hydrogen-bond donors (Lipinski definition) is 1. The van der Waals surface area contributed by atoms with E-state index in [1.54, 1.807) is 0 Å². The maximum absolute atomic E-state index is 12.2. The maximum Gasteiger partial charge on any atom is 0.345 e. The monoisotopic (exact) mass is 374 g/mol. The van der Waals surface area contributed by atoms with Crippen LogP contribution in [0.1, 0.15) is 16.4 Å². The minimum absolute atomic E-state index is 0.0730. The van der Waals surface area contributed by atoms with Crippen LogP contribution in [0, 0.1) is 0 Å². The van der Waals surface area contributed by atoms with Crippen LogP contribution in [0.3, 0.4) is 0 Å². The standard InChI is InChI=1S/C19H18O4S2/c1-22-18(20)15(24)17(19(21)23-2)25-16(13-9-5-3-6-10-13)14-11-7-4-8-12-14/h3-12,16,24H,1-2H3/b17-15-. The van der Waals surface area contributed by atoms with E-state index < -0.39 is 11.9 Å². The molecule has 130 valence electrons. The Kier molecular flexibility index (Phi) is 7.16. The minimum Gasteiger partial charge on any atom is -0.465 e. The van der Waals surface area contributed by atoms with Gasteiger partial charge in [-0.2, -0.15) is 0 Å². The average molecular weight is 374 g/mol. The third-order valence-corrected chi connectivity index (χ3v) is 5.35. The lowest BCUT2D eigenvalue weighted by Gasteiger charge is -2.19. The highest BCUT2D eigenvalue weighted by Crippen LogP contribution is 2.42. The lowest BCUT2D eigenvalue weighted by atomic mass is 10.0. The molecule has 0 amide bonds. The molecule has 0 aromatic heterocycles. The maximum atomic E-state index is 12.2.